The predicted octanol–water partition coefficient (Wildman–Crippen LogP) is 3.97. The average Bonchev–Trinajstić information content (AvgIpc) is 3.28. The molecule has 0 radical (unpaired) electrons. The van der Waals surface area contributed by atoms with Gasteiger partial charge < -0.3 is 19.2 Å². The topological polar surface area (TPSA) is 77.8 Å². The van der Waals surface area contributed by atoms with Crippen LogP contribution in [0.15, 0.2) is 21.3 Å². The maximum atomic E-state index is 12.7. The van der Waals surface area contributed by atoms with Crippen LogP contribution in [-0.2, 0) is 22.4 Å². The zero-order valence-corrected chi connectivity index (χ0v) is 18.3. The molecule has 1 aliphatic carbocycles. The van der Waals surface area contributed by atoms with Gasteiger partial charge in [0.15, 0.2) is 0 Å². The van der Waals surface area contributed by atoms with Crippen LogP contribution in [0.25, 0.3) is 11.0 Å². The van der Waals surface area contributed by atoms with Crippen molar-refractivity contribution in [1.82, 2.24) is 5.32 Å². The van der Waals surface area contributed by atoms with E-state index < -0.39 is 5.63 Å². The molecule has 1 N–H and O–H groups in total. The van der Waals surface area contributed by atoms with Gasteiger partial charge in [-0.05, 0) is 75.5 Å². The number of fused-ring (bicyclic) bond motifs is 2. The molecule has 6 heteroatoms. The Morgan fingerprint density at radius 1 is 1.16 bits per heavy atom. The van der Waals surface area contributed by atoms with Crippen molar-refractivity contribution in [3.63, 3.8) is 0 Å². The highest BCUT2D eigenvalue weighted by atomic mass is 16.5. The highest BCUT2D eigenvalue weighted by Crippen LogP contribution is 2.43. The highest BCUT2D eigenvalue weighted by Gasteiger charge is 2.37. The van der Waals surface area contributed by atoms with E-state index in [4.69, 9.17) is 13.9 Å². The van der Waals surface area contributed by atoms with Crippen molar-refractivity contribution in [3.05, 3.63) is 39.2 Å². The number of hydrogen-bond acceptors (Lipinski definition) is 5. The normalized spacial score (nSPS) is 22.3. The summed E-state index contributed by atoms with van der Waals surface area (Å²) in [5, 5.41) is 3.79. The van der Waals surface area contributed by atoms with E-state index in [1.165, 1.54) is 19.3 Å². The van der Waals surface area contributed by atoms with Crippen molar-refractivity contribution < 1.29 is 18.7 Å². The van der Waals surface area contributed by atoms with Gasteiger partial charge in [-0.15, -0.1) is 0 Å². The van der Waals surface area contributed by atoms with Crippen molar-refractivity contribution in [2.24, 2.45) is 0 Å². The third kappa shape index (κ3) is 4.10. The molecule has 3 aliphatic rings. The second kappa shape index (κ2) is 8.30. The Hall–Kier alpha value is -2.34. The molecule has 1 amide bonds. The molecule has 2 aliphatic heterocycles. The Bertz CT molecular complexity index is 1040. The Morgan fingerprint density at radius 2 is 2.00 bits per heavy atom. The van der Waals surface area contributed by atoms with E-state index in [9.17, 15) is 9.59 Å². The summed E-state index contributed by atoms with van der Waals surface area (Å²) < 4.78 is 17.7. The van der Waals surface area contributed by atoms with Gasteiger partial charge in [-0.2, -0.15) is 0 Å². The minimum Gasteiger partial charge on any atom is -0.487 e. The first-order valence-corrected chi connectivity index (χ1v) is 11.7. The van der Waals surface area contributed by atoms with Crippen LogP contribution in [0.2, 0.25) is 0 Å². The van der Waals surface area contributed by atoms with E-state index >= 15 is 0 Å². The molecule has 2 aromatic rings. The zero-order valence-electron chi connectivity index (χ0n) is 18.3. The van der Waals surface area contributed by atoms with Gasteiger partial charge >= 0.3 is 5.63 Å². The Balaban J connectivity index is 1.38. The van der Waals surface area contributed by atoms with Crippen LogP contribution in [0.1, 0.15) is 68.1 Å². The summed E-state index contributed by atoms with van der Waals surface area (Å²) in [6, 6.07) is 3.97. The number of carbonyl (C=O) groups is 1. The van der Waals surface area contributed by atoms with Crippen LogP contribution >= 0.6 is 0 Å². The Kier molecular flexibility index (Phi) is 5.51. The standard InChI is InChI=1S/C25H31NO5/c1-16-19-12-17-7-10-25(8-3-2-4-9-25)31-21(17)14-22(19)30-24(28)20(16)13-23(27)26-15-18-6-5-11-29-18/h12,14,18H,2-11,13,15H2,1H3,(H,26,27)/t18-/m1/s1. The molecule has 1 saturated heterocycles. The van der Waals surface area contributed by atoms with Crippen LogP contribution in [0.3, 0.4) is 0 Å². The molecule has 0 unspecified atom stereocenters. The summed E-state index contributed by atoms with van der Waals surface area (Å²) in [5.41, 5.74) is 2.46. The SMILES string of the molecule is Cc1c(CC(=O)NC[C@H]2CCCO2)c(=O)oc2cc3c(cc12)CCC1(CCCCC1)O3. The molecule has 166 valence electrons. The van der Waals surface area contributed by atoms with Crippen molar-refractivity contribution in [2.45, 2.75) is 82.8 Å². The summed E-state index contributed by atoms with van der Waals surface area (Å²) in [4.78, 5) is 25.1. The van der Waals surface area contributed by atoms with E-state index in [2.05, 4.69) is 11.4 Å². The van der Waals surface area contributed by atoms with Gasteiger partial charge in [-0.25, -0.2) is 4.79 Å². The number of amides is 1. The Labute approximate surface area is 182 Å². The number of rotatable bonds is 4. The number of nitrogens with one attached hydrogen (secondary N) is 1. The maximum Gasteiger partial charge on any atom is 0.340 e. The minimum absolute atomic E-state index is 0.0214. The summed E-state index contributed by atoms with van der Waals surface area (Å²) in [5.74, 6) is 0.677. The number of ether oxygens (including phenoxy) is 2. The highest BCUT2D eigenvalue weighted by molar-refractivity contribution is 5.86. The monoisotopic (exact) mass is 425 g/mol. The van der Waals surface area contributed by atoms with Gasteiger partial charge in [0, 0.05) is 24.6 Å². The molecule has 5 rings (SSSR count). The number of hydrogen-bond donors (Lipinski definition) is 1. The van der Waals surface area contributed by atoms with E-state index in [1.807, 2.05) is 13.0 Å². The second-order valence-corrected chi connectivity index (χ2v) is 9.41. The van der Waals surface area contributed by atoms with Gasteiger partial charge in [-0.3, -0.25) is 4.79 Å². The number of aryl methyl sites for hydroxylation is 2. The summed E-state index contributed by atoms with van der Waals surface area (Å²) in [6.07, 6.45) is 10.0. The van der Waals surface area contributed by atoms with Crippen molar-refractivity contribution in [1.29, 1.82) is 0 Å². The largest absolute Gasteiger partial charge is 0.487 e. The van der Waals surface area contributed by atoms with Gasteiger partial charge in [0.1, 0.15) is 16.9 Å². The zero-order chi connectivity index (χ0) is 21.4. The van der Waals surface area contributed by atoms with Crippen LogP contribution in [-0.4, -0.2) is 30.8 Å². The van der Waals surface area contributed by atoms with E-state index in [-0.39, 0.29) is 24.0 Å². The fourth-order valence-corrected chi connectivity index (χ4v) is 5.41. The molecule has 0 bridgehead atoms. The van der Waals surface area contributed by atoms with Gasteiger partial charge in [-0.1, -0.05) is 6.42 Å². The fourth-order valence-electron chi connectivity index (χ4n) is 5.41. The lowest BCUT2D eigenvalue weighted by Gasteiger charge is -2.41. The Morgan fingerprint density at radius 3 is 2.77 bits per heavy atom. The molecule has 1 aromatic heterocycles. The van der Waals surface area contributed by atoms with Gasteiger partial charge in [0.05, 0.1) is 18.1 Å². The fraction of sp³-hybridized carbons (Fsp3) is 0.600. The minimum atomic E-state index is -0.444. The van der Waals surface area contributed by atoms with Crippen molar-refractivity contribution in [3.8, 4) is 5.75 Å². The molecule has 2 fully saturated rings. The summed E-state index contributed by atoms with van der Waals surface area (Å²) in [6.45, 7) is 3.15. The molecular formula is C25H31NO5. The second-order valence-electron chi connectivity index (χ2n) is 9.41. The lowest BCUT2D eigenvalue weighted by molar-refractivity contribution is -0.121. The number of carbonyl (C=O) groups excluding carboxylic acids is 1. The smallest absolute Gasteiger partial charge is 0.340 e. The molecule has 1 atom stereocenters. The first-order valence-electron chi connectivity index (χ1n) is 11.7. The van der Waals surface area contributed by atoms with Crippen LogP contribution in [0.5, 0.6) is 5.75 Å². The van der Waals surface area contributed by atoms with Crippen molar-refractivity contribution >= 4 is 16.9 Å². The molecule has 1 aromatic carbocycles. The molecule has 1 spiro atoms. The van der Waals surface area contributed by atoms with E-state index in [1.54, 1.807) is 0 Å². The molecule has 1 saturated carbocycles. The van der Waals surface area contributed by atoms with E-state index in [0.29, 0.717) is 17.7 Å². The van der Waals surface area contributed by atoms with Gasteiger partial charge in [0.2, 0.25) is 5.91 Å². The van der Waals surface area contributed by atoms with Crippen LogP contribution < -0.4 is 15.7 Å². The lowest BCUT2D eigenvalue weighted by Crippen LogP contribution is -2.41. The van der Waals surface area contributed by atoms with Crippen molar-refractivity contribution in [2.75, 3.05) is 13.2 Å². The molecule has 31 heavy (non-hydrogen) atoms. The quantitative estimate of drug-likeness (QED) is 0.750. The van der Waals surface area contributed by atoms with Crippen LogP contribution in [0, 0.1) is 6.92 Å². The number of benzene rings is 1. The molecule has 3 heterocycles. The predicted molar refractivity (Wildman–Crippen MR) is 118 cm³/mol. The molecule has 6 nitrogen and oxygen atoms in total. The molecular weight excluding hydrogens is 394 g/mol. The van der Waals surface area contributed by atoms with Crippen LogP contribution in [0.4, 0.5) is 0 Å². The maximum absolute atomic E-state index is 12.7. The van der Waals surface area contributed by atoms with Gasteiger partial charge in [0.25, 0.3) is 0 Å². The first-order chi connectivity index (χ1) is 15.0. The first kappa shape index (κ1) is 20.6. The summed E-state index contributed by atoms with van der Waals surface area (Å²) >= 11 is 0. The third-order valence-electron chi connectivity index (χ3n) is 7.30. The summed E-state index contributed by atoms with van der Waals surface area (Å²) in [7, 11) is 0. The van der Waals surface area contributed by atoms with E-state index in [0.717, 1.165) is 67.4 Å². The lowest BCUT2D eigenvalue weighted by atomic mass is 9.79. The average molecular weight is 426 g/mol. The third-order valence-corrected chi connectivity index (χ3v) is 7.30.